The zero-order chi connectivity index (χ0) is 12.3. The molecule has 1 rings (SSSR count). The average Bonchev–Trinajstić information content (AvgIpc) is 2.71. The molecule has 1 heterocycles. The van der Waals surface area contributed by atoms with Crippen molar-refractivity contribution >= 4 is 17.8 Å². The van der Waals surface area contributed by atoms with E-state index >= 15 is 0 Å². The molecule has 9 heteroatoms. The number of methoxy groups -OCH3 is 2. The van der Waals surface area contributed by atoms with E-state index in [0.29, 0.717) is 0 Å². The van der Waals surface area contributed by atoms with Gasteiger partial charge in [0, 0.05) is 0 Å². The third-order valence-electron chi connectivity index (χ3n) is 1.61. The zero-order valence-corrected chi connectivity index (χ0v) is 8.25. The summed E-state index contributed by atoms with van der Waals surface area (Å²) in [5, 5.41) is 13.5. The third-order valence-corrected chi connectivity index (χ3v) is 1.61. The van der Waals surface area contributed by atoms with Crippen molar-refractivity contribution in [2.45, 2.75) is 0 Å². The fourth-order valence-corrected chi connectivity index (χ4v) is 0.924. The molecule has 0 aliphatic heterocycles. The van der Waals surface area contributed by atoms with E-state index in [1.807, 2.05) is 0 Å². The van der Waals surface area contributed by atoms with Crippen LogP contribution in [-0.2, 0) is 9.47 Å². The first-order chi connectivity index (χ1) is 7.52. The Kier molecular flexibility index (Phi) is 3.18. The summed E-state index contributed by atoms with van der Waals surface area (Å²) in [6, 6.07) is 0. The molecule has 0 bridgehead atoms. The van der Waals surface area contributed by atoms with Gasteiger partial charge in [-0.1, -0.05) is 0 Å². The van der Waals surface area contributed by atoms with Crippen molar-refractivity contribution < 1.29 is 28.5 Å². The minimum absolute atomic E-state index is 0.666. The highest BCUT2D eigenvalue weighted by atomic mass is 16.6. The van der Waals surface area contributed by atoms with Crippen LogP contribution < -0.4 is 0 Å². The number of carbonyl (C=O) groups is 2. The minimum atomic E-state index is -1.10. The summed E-state index contributed by atoms with van der Waals surface area (Å²) in [5.74, 6) is -3.72. The Hall–Kier alpha value is -2.45. The molecule has 0 amide bonds. The molecule has 0 N–H and O–H groups in total. The lowest BCUT2D eigenvalue weighted by molar-refractivity contribution is -0.391. The number of hydrogen-bond donors (Lipinski definition) is 0. The highest BCUT2D eigenvalue weighted by molar-refractivity contribution is 6.03. The molecule has 0 atom stereocenters. The number of rotatable bonds is 3. The van der Waals surface area contributed by atoms with Crippen LogP contribution >= 0.6 is 0 Å². The van der Waals surface area contributed by atoms with Crippen LogP contribution in [-0.4, -0.2) is 36.2 Å². The van der Waals surface area contributed by atoms with E-state index in [1.54, 1.807) is 0 Å². The van der Waals surface area contributed by atoms with Gasteiger partial charge in [-0.15, -0.1) is 0 Å². The Morgan fingerprint density at radius 3 is 2.31 bits per heavy atom. The molecule has 1 aromatic rings. The zero-order valence-electron chi connectivity index (χ0n) is 8.25. The summed E-state index contributed by atoms with van der Waals surface area (Å²) < 4.78 is 12.9. The fourth-order valence-electron chi connectivity index (χ4n) is 0.924. The fraction of sp³-hybridized carbons (Fsp3) is 0.286. The van der Waals surface area contributed by atoms with Gasteiger partial charge in [0.15, 0.2) is 5.16 Å². The first-order valence-electron chi connectivity index (χ1n) is 3.83. The molecule has 0 spiro atoms. The Balaban J connectivity index is 3.36. The van der Waals surface area contributed by atoms with Gasteiger partial charge in [0.1, 0.15) is 0 Å². The maximum absolute atomic E-state index is 11.2. The van der Waals surface area contributed by atoms with E-state index < -0.39 is 34.0 Å². The predicted octanol–water partition coefficient (Wildman–Crippen LogP) is 0.156. The predicted molar refractivity (Wildman–Crippen MR) is 45.8 cm³/mol. The average molecular weight is 230 g/mol. The first kappa shape index (κ1) is 11.6. The summed E-state index contributed by atoms with van der Waals surface area (Å²) in [6.45, 7) is 0. The van der Waals surface area contributed by atoms with Crippen molar-refractivity contribution in [3.8, 4) is 0 Å². The number of esters is 2. The lowest BCUT2D eigenvalue weighted by atomic mass is 10.2. The smallest absolute Gasteiger partial charge is 0.429 e. The minimum Gasteiger partial charge on any atom is -0.465 e. The van der Waals surface area contributed by atoms with E-state index in [9.17, 15) is 19.7 Å². The molecular weight excluding hydrogens is 224 g/mol. The molecule has 0 aliphatic rings. The van der Waals surface area contributed by atoms with E-state index in [0.717, 1.165) is 14.2 Å². The van der Waals surface area contributed by atoms with Crippen molar-refractivity contribution in [1.29, 1.82) is 0 Å². The molecule has 86 valence electrons. The molecule has 16 heavy (non-hydrogen) atoms. The molecule has 0 fully saturated rings. The Bertz CT molecular complexity index is 450. The number of carbonyl (C=O) groups excluding carboxylic acids is 2. The van der Waals surface area contributed by atoms with E-state index in [2.05, 4.69) is 19.2 Å². The lowest BCUT2D eigenvalue weighted by Gasteiger charge is -1.96. The van der Waals surface area contributed by atoms with Gasteiger partial charge in [-0.05, 0) is 4.92 Å². The van der Waals surface area contributed by atoms with Gasteiger partial charge in [0.05, 0.1) is 14.2 Å². The molecule has 0 saturated carbocycles. The maximum Gasteiger partial charge on any atom is 0.429 e. The SMILES string of the molecule is COC(=O)c1onc([N+](=O)[O-])c1C(=O)OC. The van der Waals surface area contributed by atoms with Crippen LogP contribution in [0.1, 0.15) is 20.9 Å². The van der Waals surface area contributed by atoms with Crippen LogP contribution in [0.25, 0.3) is 0 Å². The van der Waals surface area contributed by atoms with Gasteiger partial charge in [0.25, 0.3) is 5.76 Å². The maximum atomic E-state index is 11.2. The van der Waals surface area contributed by atoms with E-state index in [1.165, 1.54) is 0 Å². The third kappa shape index (κ3) is 1.82. The first-order valence-corrected chi connectivity index (χ1v) is 3.83. The second-order valence-electron chi connectivity index (χ2n) is 2.45. The van der Waals surface area contributed by atoms with Crippen molar-refractivity contribution in [3.05, 3.63) is 21.4 Å². The van der Waals surface area contributed by atoms with Crippen molar-refractivity contribution in [3.63, 3.8) is 0 Å². The summed E-state index contributed by atoms with van der Waals surface area (Å²) in [7, 11) is 2.03. The largest absolute Gasteiger partial charge is 0.465 e. The number of nitro groups is 1. The molecule has 0 radical (unpaired) electrons. The molecule has 0 aromatic carbocycles. The summed E-state index contributed by atoms with van der Waals surface area (Å²) in [6.07, 6.45) is 0. The van der Waals surface area contributed by atoms with Crippen LogP contribution in [0, 0.1) is 10.1 Å². The monoisotopic (exact) mass is 230 g/mol. The summed E-state index contributed by atoms with van der Waals surface area (Å²) in [5.41, 5.74) is -0.667. The van der Waals surface area contributed by atoms with Crippen LogP contribution in [0.2, 0.25) is 0 Å². The van der Waals surface area contributed by atoms with Gasteiger partial charge >= 0.3 is 17.8 Å². The second kappa shape index (κ2) is 4.38. The van der Waals surface area contributed by atoms with Crippen molar-refractivity contribution in [1.82, 2.24) is 5.16 Å². The quantitative estimate of drug-likeness (QED) is 0.408. The van der Waals surface area contributed by atoms with Gasteiger partial charge in [-0.3, -0.25) is 0 Å². The number of nitrogens with zero attached hydrogens (tertiary/aromatic N) is 2. The van der Waals surface area contributed by atoms with Crippen LogP contribution in [0.3, 0.4) is 0 Å². The van der Waals surface area contributed by atoms with Gasteiger partial charge in [0.2, 0.25) is 5.56 Å². The van der Waals surface area contributed by atoms with Crippen LogP contribution in [0.5, 0.6) is 0 Å². The molecular formula is C7H6N2O7. The van der Waals surface area contributed by atoms with Gasteiger partial charge < -0.3 is 19.6 Å². The molecule has 0 unspecified atom stereocenters. The molecule has 1 aromatic heterocycles. The van der Waals surface area contributed by atoms with Crippen molar-refractivity contribution in [2.75, 3.05) is 14.2 Å². The summed E-state index contributed by atoms with van der Waals surface area (Å²) >= 11 is 0. The Morgan fingerprint density at radius 2 is 1.88 bits per heavy atom. The standard InChI is InChI=1S/C7H6N2O7/c1-14-6(10)3-4(7(11)15-2)16-8-5(3)9(12)13/h1-2H3. The molecule has 9 nitrogen and oxygen atoms in total. The van der Waals surface area contributed by atoms with Crippen LogP contribution in [0.15, 0.2) is 4.52 Å². The van der Waals surface area contributed by atoms with E-state index in [-0.39, 0.29) is 0 Å². The molecule has 0 saturated heterocycles. The lowest BCUT2D eigenvalue weighted by Crippen LogP contribution is -2.11. The van der Waals surface area contributed by atoms with E-state index in [4.69, 9.17) is 0 Å². The van der Waals surface area contributed by atoms with Crippen molar-refractivity contribution in [2.24, 2.45) is 0 Å². The highest BCUT2D eigenvalue weighted by Crippen LogP contribution is 2.22. The Morgan fingerprint density at radius 1 is 1.31 bits per heavy atom. The van der Waals surface area contributed by atoms with Gasteiger partial charge in [-0.25, -0.2) is 14.1 Å². The highest BCUT2D eigenvalue weighted by Gasteiger charge is 2.37. The Labute approximate surface area is 88.1 Å². The number of hydrogen-bond acceptors (Lipinski definition) is 8. The second-order valence-corrected chi connectivity index (χ2v) is 2.45. The summed E-state index contributed by atoms with van der Waals surface area (Å²) in [4.78, 5) is 31.8. The van der Waals surface area contributed by atoms with Gasteiger partial charge in [-0.2, -0.15) is 0 Å². The topological polar surface area (TPSA) is 122 Å². The number of aromatic nitrogens is 1. The molecule has 0 aliphatic carbocycles. The van der Waals surface area contributed by atoms with Crippen LogP contribution in [0.4, 0.5) is 5.82 Å². The number of ether oxygens (including phenoxy) is 2. The normalized spacial score (nSPS) is 9.62.